The third-order valence-corrected chi connectivity index (χ3v) is 3.94. The van der Waals surface area contributed by atoms with Crippen molar-refractivity contribution in [1.29, 1.82) is 0 Å². The van der Waals surface area contributed by atoms with Crippen LogP contribution in [0.1, 0.15) is 46.0 Å². The van der Waals surface area contributed by atoms with Crippen molar-refractivity contribution >= 4 is 5.91 Å². The first kappa shape index (κ1) is 14.5. The van der Waals surface area contributed by atoms with E-state index in [4.69, 9.17) is 5.73 Å². The van der Waals surface area contributed by atoms with Crippen LogP contribution < -0.4 is 11.1 Å². The minimum atomic E-state index is -0.699. The van der Waals surface area contributed by atoms with Gasteiger partial charge >= 0.3 is 0 Å². The van der Waals surface area contributed by atoms with Gasteiger partial charge in [-0.3, -0.25) is 4.79 Å². The van der Waals surface area contributed by atoms with Crippen molar-refractivity contribution in [3.63, 3.8) is 0 Å². The van der Waals surface area contributed by atoms with Gasteiger partial charge in [0.1, 0.15) is 0 Å². The molecule has 1 rings (SSSR count). The van der Waals surface area contributed by atoms with Crippen molar-refractivity contribution in [3.8, 4) is 0 Å². The number of hydrogen-bond acceptors (Lipinski definition) is 3. The zero-order valence-electron chi connectivity index (χ0n) is 11.0. The van der Waals surface area contributed by atoms with Gasteiger partial charge in [0.05, 0.1) is 5.60 Å². The van der Waals surface area contributed by atoms with Crippen LogP contribution in [-0.2, 0) is 4.79 Å². The average Bonchev–Trinajstić information content (AvgIpc) is 2.33. The van der Waals surface area contributed by atoms with Crippen LogP contribution in [-0.4, -0.2) is 29.7 Å². The molecule has 0 aromatic carbocycles. The first-order chi connectivity index (χ1) is 8.00. The van der Waals surface area contributed by atoms with Gasteiger partial charge in [0.25, 0.3) is 0 Å². The Bertz CT molecular complexity index is 244. The van der Waals surface area contributed by atoms with Gasteiger partial charge < -0.3 is 16.2 Å². The summed E-state index contributed by atoms with van der Waals surface area (Å²) in [6.45, 7) is 4.90. The Balaban J connectivity index is 2.36. The molecule has 100 valence electrons. The lowest BCUT2D eigenvalue weighted by Gasteiger charge is -2.35. The number of amides is 1. The third kappa shape index (κ3) is 4.28. The first-order valence-electron chi connectivity index (χ1n) is 6.71. The molecule has 0 spiro atoms. The number of hydrogen-bond donors (Lipinski definition) is 3. The van der Waals surface area contributed by atoms with Gasteiger partial charge in [-0.15, -0.1) is 0 Å². The van der Waals surface area contributed by atoms with Crippen molar-refractivity contribution in [2.24, 2.45) is 17.6 Å². The van der Waals surface area contributed by atoms with E-state index >= 15 is 0 Å². The molecule has 1 aliphatic carbocycles. The number of carbonyl (C=O) groups is 1. The summed E-state index contributed by atoms with van der Waals surface area (Å²) in [7, 11) is 0. The van der Waals surface area contributed by atoms with E-state index in [1.54, 1.807) is 0 Å². The molecule has 1 saturated carbocycles. The number of rotatable bonds is 5. The Hall–Kier alpha value is -0.610. The molecule has 1 atom stereocenters. The smallest absolute Gasteiger partial charge is 0.224 e. The van der Waals surface area contributed by atoms with Crippen LogP contribution in [0.15, 0.2) is 0 Å². The predicted molar refractivity (Wildman–Crippen MR) is 68.4 cm³/mol. The van der Waals surface area contributed by atoms with Crippen molar-refractivity contribution < 1.29 is 9.90 Å². The maximum atomic E-state index is 11.8. The molecule has 0 aromatic rings. The second kappa shape index (κ2) is 6.36. The third-order valence-electron chi connectivity index (χ3n) is 3.94. The van der Waals surface area contributed by atoms with Gasteiger partial charge in [-0.1, -0.05) is 13.8 Å². The molecular weight excluding hydrogens is 216 g/mol. The van der Waals surface area contributed by atoms with Gasteiger partial charge in [0.2, 0.25) is 5.91 Å². The maximum absolute atomic E-state index is 11.8. The van der Waals surface area contributed by atoms with Crippen molar-refractivity contribution in [2.75, 3.05) is 13.1 Å². The summed E-state index contributed by atoms with van der Waals surface area (Å²) in [5, 5.41) is 13.2. The van der Waals surface area contributed by atoms with Crippen LogP contribution in [0.5, 0.6) is 0 Å². The Morgan fingerprint density at radius 3 is 2.59 bits per heavy atom. The SMILES string of the molecule is CCC(CN)C(=O)NCC1(O)CCC(C)CC1. The zero-order valence-corrected chi connectivity index (χ0v) is 11.0. The Morgan fingerprint density at radius 1 is 1.53 bits per heavy atom. The number of nitrogens with one attached hydrogen (secondary N) is 1. The second-order valence-corrected chi connectivity index (χ2v) is 5.47. The molecule has 0 radical (unpaired) electrons. The highest BCUT2D eigenvalue weighted by Crippen LogP contribution is 2.31. The normalized spacial score (nSPS) is 30.9. The maximum Gasteiger partial charge on any atom is 0.224 e. The highest BCUT2D eigenvalue weighted by molar-refractivity contribution is 5.78. The van der Waals surface area contributed by atoms with E-state index in [9.17, 15) is 9.90 Å². The van der Waals surface area contributed by atoms with Crippen molar-refractivity contribution in [1.82, 2.24) is 5.32 Å². The van der Waals surface area contributed by atoms with E-state index in [-0.39, 0.29) is 11.8 Å². The summed E-state index contributed by atoms with van der Waals surface area (Å²) < 4.78 is 0. The first-order valence-corrected chi connectivity index (χ1v) is 6.71. The Kier molecular flexibility index (Phi) is 5.40. The Morgan fingerprint density at radius 2 is 2.12 bits per heavy atom. The van der Waals surface area contributed by atoms with Crippen LogP contribution >= 0.6 is 0 Å². The molecule has 0 saturated heterocycles. The van der Waals surface area contributed by atoms with E-state index in [2.05, 4.69) is 12.2 Å². The minimum absolute atomic E-state index is 0.0259. The molecular formula is C13H26N2O2. The van der Waals surface area contributed by atoms with Crippen molar-refractivity contribution in [2.45, 2.75) is 51.6 Å². The van der Waals surface area contributed by atoms with E-state index in [1.165, 1.54) is 0 Å². The Labute approximate surface area is 104 Å². The zero-order chi connectivity index (χ0) is 12.9. The molecule has 1 aliphatic rings. The molecule has 17 heavy (non-hydrogen) atoms. The number of nitrogens with two attached hydrogens (primary N) is 1. The quantitative estimate of drug-likeness (QED) is 0.674. The van der Waals surface area contributed by atoms with Crippen molar-refractivity contribution in [3.05, 3.63) is 0 Å². The standard InChI is InChI=1S/C13H26N2O2/c1-3-11(8-14)12(16)15-9-13(17)6-4-10(2)5-7-13/h10-11,17H,3-9,14H2,1-2H3,(H,15,16). The van der Waals surface area contributed by atoms with E-state index in [0.29, 0.717) is 19.0 Å². The molecule has 0 aromatic heterocycles. The molecule has 1 fully saturated rings. The van der Waals surface area contributed by atoms with Gasteiger partial charge in [0.15, 0.2) is 0 Å². The monoisotopic (exact) mass is 242 g/mol. The summed E-state index contributed by atoms with van der Waals surface area (Å²) in [5.41, 5.74) is 4.82. The molecule has 0 bridgehead atoms. The fourth-order valence-corrected chi connectivity index (χ4v) is 2.33. The molecule has 0 aliphatic heterocycles. The molecule has 0 heterocycles. The second-order valence-electron chi connectivity index (χ2n) is 5.47. The fourth-order valence-electron chi connectivity index (χ4n) is 2.33. The van der Waals surface area contributed by atoms with Gasteiger partial charge in [-0.2, -0.15) is 0 Å². The summed E-state index contributed by atoms with van der Waals surface area (Å²) in [5.74, 6) is 0.543. The lowest BCUT2D eigenvalue weighted by Crippen LogP contribution is -2.47. The van der Waals surface area contributed by atoms with Gasteiger partial charge in [-0.05, 0) is 38.0 Å². The topological polar surface area (TPSA) is 75.4 Å². The van der Waals surface area contributed by atoms with E-state index < -0.39 is 5.60 Å². The van der Waals surface area contributed by atoms with Crippen LogP contribution in [0.25, 0.3) is 0 Å². The summed E-state index contributed by atoms with van der Waals surface area (Å²) in [6.07, 6.45) is 4.40. The molecule has 4 heteroatoms. The molecule has 4 nitrogen and oxygen atoms in total. The molecule has 1 amide bonds. The fraction of sp³-hybridized carbons (Fsp3) is 0.923. The van der Waals surface area contributed by atoms with E-state index in [1.807, 2.05) is 6.92 Å². The van der Waals surface area contributed by atoms with Crippen LogP contribution in [0.3, 0.4) is 0 Å². The summed E-state index contributed by atoms with van der Waals surface area (Å²) in [4.78, 5) is 11.8. The van der Waals surface area contributed by atoms with Crippen LogP contribution in [0.4, 0.5) is 0 Å². The molecule has 1 unspecified atom stereocenters. The van der Waals surface area contributed by atoms with Gasteiger partial charge in [0, 0.05) is 19.0 Å². The largest absolute Gasteiger partial charge is 0.388 e. The van der Waals surface area contributed by atoms with E-state index in [0.717, 1.165) is 32.1 Å². The van der Waals surface area contributed by atoms with Gasteiger partial charge in [-0.25, -0.2) is 0 Å². The molecule has 4 N–H and O–H groups in total. The predicted octanol–water partition coefficient (Wildman–Crippen LogP) is 1.03. The van der Waals surface area contributed by atoms with Crippen LogP contribution in [0, 0.1) is 11.8 Å². The number of aliphatic hydroxyl groups is 1. The minimum Gasteiger partial charge on any atom is -0.388 e. The lowest BCUT2D eigenvalue weighted by atomic mass is 9.79. The van der Waals surface area contributed by atoms with Crippen LogP contribution in [0.2, 0.25) is 0 Å². The summed E-state index contributed by atoms with van der Waals surface area (Å²) >= 11 is 0. The highest BCUT2D eigenvalue weighted by atomic mass is 16.3. The number of carbonyl (C=O) groups excluding carboxylic acids is 1. The highest BCUT2D eigenvalue weighted by Gasteiger charge is 2.32. The lowest BCUT2D eigenvalue weighted by molar-refractivity contribution is -0.126. The average molecular weight is 242 g/mol. The summed E-state index contributed by atoms with van der Waals surface area (Å²) in [6, 6.07) is 0.